The third-order valence-electron chi connectivity index (χ3n) is 3.18. The van der Waals surface area contributed by atoms with Crippen LogP contribution in [0.4, 0.5) is 0 Å². The summed E-state index contributed by atoms with van der Waals surface area (Å²) in [7, 11) is 0. The highest BCUT2D eigenvalue weighted by atomic mass is 16.9. The molecule has 1 fully saturated rings. The Hall–Kier alpha value is -1.37. The van der Waals surface area contributed by atoms with E-state index < -0.39 is 10.6 Å². The second-order valence-corrected chi connectivity index (χ2v) is 5.43. The van der Waals surface area contributed by atoms with Crippen LogP contribution in [-0.2, 0) is 9.63 Å². The topological polar surface area (TPSA) is 107 Å². The Morgan fingerprint density at radius 1 is 1.44 bits per heavy atom. The molecule has 1 aliphatic carbocycles. The molecule has 104 valence electrons. The summed E-state index contributed by atoms with van der Waals surface area (Å²) < 4.78 is 0. The minimum Gasteiger partial charge on any atom is -0.352 e. The SMILES string of the molecule is CC(C)(N)C(=O)NC1CCC(CO[N+](=O)[O-])CC1. The van der Waals surface area contributed by atoms with Crippen LogP contribution in [0.5, 0.6) is 0 Å². The molecule has 0 spiro atoms. The molecular formula is C11H21N3O4. The smallest absolute Gasteiger partial charge is 0.294 e. The van der Waals surface area contributed by atoms with Crippen LogP contribution in [0.15, 0.2) is 0 Å². The van der Waals surface area contributed by atoms with Crippen molar-refractivity contribution in [2.24, 2.45) is 11.7 Å². The van der Waals surface area contributed by atoms with Crippen molar-refractivity contribution >= 4 is 5.91 Å². The van der Waals surface area contributed by atoms with Gasteiger partial charge in [0.1, 0.15) is 0 Å². The Bertz CT molecular complexity index is 306. The molecule has 0 aliphatic heterocycles. The summed E-state index contributed by atoms with van der Waals surface area (Å²) in [5.74, 6) is 0.0435. The number of hydrogen-bond acceptors (Lipinski definition) is 5. The molecule has 0 saturated heterocycles. The van der Waals surface area contributed by atoms with Gasteiger partial charge >= 0.3 is 0 Å². The van der Waals surface area contributed by atoms with Gasteiger partial charge in [-0.1, -0.05) is 0 Å². The molecule has 18 heavy (non-hydrogen) atoms. The first kappa shape index (κ1) is 14.7. The highest BCUT2D eigenvalue weighted by Gasteiger charge is 2.27. The fourth-order valence-electron chi connectivity index (χ4n) is 2.01. The standard InChI is InChI=1S/C11H21N3O4/c1-11(2,12)10(15)13-9-5-3-8(4-6-9)7-18-14(16)17/h8-9H,3-7,12H2,1-2H3,(H,13,15). The van der Waals surface area contributed by atoms with E-state index in [9.17, 15) is 14.9 Å². The van der Waals surface area contributed by atoms with Gasteiger partial charge in [0.25, 0.3) is 5.09 Å². The van der Waals surface area contributed by atoms with Crippen LogP contribution < -0.4 is 11.1 Å². The number of carbonyl (C=O) groups excluding carboxylic acids is 1. The van der Waals surface area contributed by atoms with Gasteiger partial charge in [0.05, 0.1) is 12.1 Å². The lowest BCUT2D eigenvalue weighted by Crippen LogP contribution is -2.52. The molecule has 0 heterocycles. The fraction of sp³-hybridized carbons (Fsp3) is 0.909. The molecule has 1 saturated carbocycles. The van der Waals surface area contributed by atoms with E-state index in [1.807, 2.05) is 0 Å². The zero-order valence-corrected chi connectivity index (χ0v) is 10.8. The maximum atomic E-state index is 11.7. The summed E-state index contributed by atoms with van der Waals surface area (Å²) in [5.41, 5.74) is 4.83. The lowest BCUT2D eigenvalue weighted by molar-refractivity contribution is -0.759. The van der Waals surface area contributed by atoms with E-state index in [1.54, 1.807) is 13.8 Å². The van der Waals surface area contributed by atoms with E-state index in [4.69, 9.17) is 5.73 Å². The third kappa shape index (κ3) is 4.87. The van der Waals surface area contributed by atoms with E-state index >= 15 is 0 Å². The van der Waals surface area contributed by atoms with Crippen LogP contribution in [-0.4, -0.2) is 29.2 Å². The van der Waals surface area contributed by atoms with E-state index in [0.29, 0.717) is 0 Å². The van der Waals surface area contributed by atoms with Crippen molar-refractivity contribution in [1.82, 2.24) is 5.32 Å². The highest BCUT2D eigenvalue weighted by Crippen LogP contribution is 2.24. The molecular weight excluding hydrogens is 238 g/mol. The van der Waals surface area contributed by atoms with Crippen molar-refractivity contribution in [3.8, 4) is 0 Å². The zero-order chi connectivity index (χ0) is 13.8. The first-order chi connectivity index (χ1) is 8.29. The number of nitrogens with two attached hydrogens (primary N) is 1. The third-order valence-corrected chi connectivity index (χ3v) is 3.18. The zero-order valence-electron chi connectivity index (χ0n) is 10.8. The number of hydrogen-bond donors (Lipinski definition) is 2. The fourth-order valence-corrected chi connectivity index (χ4v) is 2.01. The van der Waals surface area contributed by atoms with Gasteiger partial charge < -0.3 is 15.9 Å². The molecule has 0 unspecified atom stereocenters. The second kappa shape index (κ2) is 5.99. The van der Waals surface area contributed by atoms with Crippen molar-refractivity contribution in [3.63, 3.8) is 0 Å². The number of nitrogens with one attached hydrogen (secondary N) is 1. The van der Waals surface area contributed by atoms with Crippen molar-refractivity contribution in [3.05, 3.63) is 10.1 Å². The Morgan fingerprint density at radius 2 is 2.00 bits per heavy atom. The molecule has 0 aromatic rings. The first-order valence-corrected chi connectivity index (χ1v) is 6.16. The van der Waals surface area contributed by atoms with E-state index in [1.165, 1.54) is 0 Å². The van der Waals surface area contributed by atoms with Gasteiger partial charge in [-0.05, 0) is 45.4 Å². The Balaban J connectivity index is 2.27. The van der Waals surface area contributed by atoms with Crippen LogP contribution in [0, 0.1) is 16.0 Å². The van der Waals surface area contributed by atoms with Crippen LogP contribution in [0.3, 0.4) is 0 Å². The molecule has 7 nitrogen and oxygen atoms in total. The second-order valence-electron chi connectivity index (χ2n) is 5.43. The summed E-state index contributed by atoms with van der Waals surface area (Å²) in [6.45, 7) is 3.48. The number of amides is 1. The number of rotatable bonds is 5. The molecule has 7 heteroatoms. The molecule has 0 radical (unpaired) electrons. The van der Waals surface area contributed by atoms with Gasteiger partial charge in [-0.25, -0.2) is 0 Å². The average Bonchev–Trinajstić information content (AvgIpc) is 2.26. The van der Waals surface area contributed by atoms with Gasteiger partial charge in [-0.3, -0.25) is 4.79 Å². The largest absolute Gasteiger partial charge is 0.352 e. The first-order valence-electron chi connectivity index (χ1n) is 6.16. The summed E-state index contributed by atoms with van der Waals surface area (Å²) in [5, 5.41) is 12.2. The van der Waals surface area contributed by atoms with Gasteiger partial charge in [-0.2, -0.15) is 0 Å². The van der Waals surface area contributed by atoms with Crippen molar-refractivity contribution in [1.29, 1.82) is 0 Å². The molecule has 0 atom stereocenters. The van der Waals surface area contributed by atoms with E-state index in [-0.39, 0.29) is 24.5 Å². The Labute approximate surface area is 106 Å². The lowest BCUT2D eigenvalue weighted by Gasteiger charge is -2.30. The molecule has 1 aliphatic rings. The van der Waals surface area contributed by atoms with Gasteiger partial charge in [0.2, 0.25) is 5.91 Å². The van der Waals surface area contributed by atoms with Crippen molar-refractivity contribution in [2.45, 2.75) is 51.1 Å². The minimum absolute atomic E-state index is 0.118. The summed E-state index contributed by atoms with van der Waals surface area (Å²) in [6, 6.07) is 0.118. The summed E-state index contributed by atoms with van der Waals surface area (Å²) >= 11 is 0. The van der Waals surface area contributed by atoms with Crippen LogP contribution in [0.1, 0.15) is 39.5 Å². The maximum absolute atomic E-state index is 11.7. The summed E-state index contributed by atoms with van der Waals surface area (Å²) in [6.07, 6.45) is 3.27. The normalized spacial score (nSPS) is 24.4. The Morgan fingerprint density at radius 3 is 2.44 bits per heavy atom. The number of carbonyl (C=O) groups is 1. The Kier molecular flexibility index (Phi) is 4.89. The van der Waals surface area contributed by atoms with E-state index in [2.05, 4.69) is 10.2 Å². The van der Waals surface area contributed by atoms with Crippen LogP contribution >= 0.6 is 0 Å². The molecule has 0 aromatic carbocycles. The van der Waals surface area contributed by atoms with Crippen molar-refractivity contribution < 1.29 is 14.7 Å². The van der Waals surface area contributed by atoms with Gasteiger partial charge in [-0.15, -0.1) is 10.1 Å². The molecule has 0 bridgehead atoms. The van der Waals surface area contributed by atoms with E-state index in [0.717, 1.165) is 25.7 Å². The van der Waals surface area contributed by atoms with Gasteiger partial charge in [0, 0.05) is 6.04 Å². The predicted molar refractivity (Wildman–Crippen MR) is 65.1 cm³/mol. The summed E-state index contributed by atoms with van der Waals surface area (Å²) in [4.78, 5) is 26.1. The minimum atomic E-state index is -0.869. The monoisotopic (exact) mass is 259 g/mol. The highest BCUT2D eigenvalue weighted by molar-refractivity contribution is 5.85. The maximum Gasteiger partial charge on any atom is 0.294 e. The molecule has 0 aromatic heterocycles. The molecule has 1 rings (SSSR count). The molecule has 3 N–H and O–H groups in total. The van der Waals surface area contributed by atoms with Gasteiger partial charge in [0.15, 0.2) is 0 Å². The quantitative estimate of drug-likeness (QED) is 0.555. The number of nitrogens with zero attached hydrogens (tertiary/aromatic N) is 1. The average molecular weight is 259 g/mol. The van der Waals surface area contributed by atoms with Crippen molar-refractivity contribution in [2.75, 3.05) is 6.61 Å². The van der Waals surface area contributed by atoms with Crippen LogP contribution in [0.25, 0.3) is 0 Å². The molecule has 1 amide bonds. The van der Waals surface area contributed by atoms with Crippen LogP contribution in [0.2, 0.25) is 0 Å². The predicted octanol–water partition coefficient (Wildman–Crippen LogP) is 0.607. The lowest BCUT2D eigenvalue weighted by atomic mass is 9.86.